The fourth-order valence-corrected chi connectivity index (χ4v) is 3.06. The van der Waals surface area contributed by atoms with Crippen LogP contribution in [0.15, 0.2) is 60.0 Å². The smallest absolute Gasteiger partial charge is 0.250 e. The fourth-order valence-electron chi connectivity index (χ4n) is 2.33. The van der Waals surface area contributed by atoms with Gasteiger partial charge in [-0.05, 0) is 48.0 Å². The number of carbonyl (C=O) groups excluding carboxylic acids is 1. The summed E-state index contributed by atoms with van der Waals surface area (Å²) in [7, 11) is 0. The number of halogens is 1. The second-order valence-electron chi connectivity index (χ2n) is 5.86. The van der Waals surface area contributed by atoms with Gasteiger partial charge >= 0.3 is 0 Å². The van der Waals surface area contributed by atoms with Crippen LogP contribution >= 0.6 is 11.3 Å². The SMILES string of the molecule is O=C(/C=C/c1ccc(OCCCO)cc1)Nc1nc(-c2ccc(F)cc2)cs1. The molecule has 0 aliphatic rings. The normalized spacial score (nSPS) is 10.9. The summed E-state index contributed by atoms with van der Waals surface area (Å²) in [5.41, 5.74) is 2.33. The lowest BCUT2D eigenvalue weighted by atomic mass is 10.2. The average molecular weight is 398 g/mol. The Labute approximate surface area is 166 Å². The van der Waals surface area contributed by atoms with Gasteiger partial charge < -0.3 is 9.84 Å². The number of thiazole rings is 1. The van der Waals surface area contributed by atoms with E-state index in [9.17, 15) is 9.18 Å². The summed E-state index contributed by atoms with van der Waals surface area (Å²) >= 11 is 1.30. The number of anilines is 1. The van der Waals surface area contributed by atoms with Crippen molar-refractivity contribution in [2.45, 2.75) is 6.42 Å². The number of ether oxygens (including phenoxy) is 1. The topological polar surface area (TPSA) is 71.5 Å². The monoisotopic (exact) mass is 398 g/mol. The van der Waals surface area contributed by atoms with Crippen molar-refractivity contribution in [1.82, 2.24) is 4.98 Å². The van der Waals surface area contributed by atoms with Crippen LogP contribution in [0.4, 0.5) is 9.52 Å². The van der Waals surface area contributed by atoms with Crippen LogP contribution in [-0.4, -0.2) is 29.2 Å². The van der Waals surface area contributed by atoms with Gasteiger partial charge in [0.25, 0.3) is 0 Å². The van der Waals surface area contributed by atoms with Gasteiger partial charge in [-0.15, -0.1) is 11.3 Å². The second kappa shape index (κ2) is 9.77. The van der Waals surface area contributed by atoms with Gasteiger partial charge in [-0.2, -0.15) is 0 Å². The van der Waals surface area contributed by atoms with E-state index in [1.54, 1.807) is 18.2 Å². The predicted octanol–water partition coefficient (Wildman–Crippen LogP) is 4.36. The molecule has 28 heavy (non-hydrogen) atoms. The van der Waals surface area contributed by atoms with Crippen LogP contribution in [-0.2, 0) is 4.79 Å². The van der Waals surface area contributed by atoms with Crippen molar-refractivity contribution >= 4 is 28.5 Å². The first-order chi connectivity index (χ1) is 13.6. The van der Waals surface area contributed by atoms with Gasteiger partial charge in [0.2, 0.25) is 5.91 Å². The summed E-state index contributed by atoms with van der Waals surface area (Å²) < 4.78 is 18.5. The third-order valence-electron chi connectivity index (χ3n) is 3.75. The maximum Gasteiger partial charge on any atom is 0.250 e. The molecule has 1 amide bonds. The zero-order valence-electron chi connectivity index (χ0n) is 15.0. The number of nitrogens with zero attached hydrogens (tertiary/aromatic N) is 1. The molecule has 2 aromatic carbocycles. The number of hydrogen-bond acceptors (Lipinski definition) is 5. The van der Waals surface area contributed by atoms with E-state index >= 15 is 0 Å². The van der Waals surface area contributed by atoms with Gasteiger partial charge in [-0.1, -0.05) is 12.1 Å². The van der Waals surface area contributed by atoms with E-state index in [2.05, 4.69) is 10.3 Å². The number of aliphatic hydroxyl groups is 1. The number of amides is 1. The quantitative estimate of drug-likeness (QED) is 0.437. The van der Waals surface area contributed by atoms with E-state index in [4.69, 9.17) is 9.84 Å². The van der Waals surface area contributed by atoms with Crippen molar-refractivity contribution in [2.75, 3.05) is 18.5 Å². The molecule has 0 radical (unpaired) electrons. The van der Waals surface area contributed by atoms with Crippen LogP contribution in [0.3, 0.4) is 0 Å². The van der Waals surface area contributed by atoms with Crippen LogP contribution in [0, 0.1) is 5.82 Å². The van der Waals surface area contributed by atoms with E-state index in [1.807, 2.05) is 29.6 Å². The number of nitrogens with one attached hydrogen (secondary N) is 1. The Kier molecular flexibility index (Phi) is 6.89. The molecule has 0 fully saturated rings. The molecule has 0 aliphatic heterocycles. The van der Waals surface area contributed by atoms with Gasteiger partial charge in [0.05, 0.1) is 12.3 Å². The molecule has 3 rings (SSSR count). The molecule has 0 spiro atoms. The number of carbonyl (C=O) groups is 1. The molecule has 7 heteroatoms. The Morgan fingerprint density at radius 1 is 1.18 bits per heavy atom. The van der Waals surface area contributed by atoms with E-state index in [1.165, 1.54) is 29.5 Å². The zero-order valence-corrected chi connectivity index (χ0v) is 15.8. The van der Waals surface area contributed by atoms with E-state index in [0.29, 0.717) is 29.6 Å². The van der Waals surface area contributed by atoms with Crippen molar-refractivity contribution in [3.63, 3.8) is 0 Å². The largest absolute Gasteiger partial charge is 0.494 e. The molecule has 2 N–H and O–H groups in total. The highest BCUT2D eigenvalue weighted by atomic mass is 32.1. The standard InChI is InChI=1S/C21H19FN2O3S/c22-17-7-5-16(6-8-17)19-14-28-21(23-19)24-20(26)11-4-15-2-9-18(10-3-15)27-13-1-12-25/h2-11,14,25H,1,12-13H2,(H,23,24,26)/b11-4+. The lowest BCUT2D eigenvalue weighted by Gasteiger charge is -2.04. The van der Waals surface area contributed by atoms with Gasteiger partial charge in [0, 0.05) is 30.0 Å². The maximum atomic E-state index is 13.0. The molecule has 0 aliphatic carbocycles. The van der Waals surface area contributed by atoms with Gasteiger partial charge in [0.15, 0.2) is 5.13 Å². The first-order valence-electron chi connectivity index (χ1n) is 8.68. The van der Waals surface area contributed by atoms with E-state index in [-0.39, 0.29) is 18.3 Å². The Bertz CT molecular complexity index is 937. The highest BCUT2D eigenvalue weighted by Crippen LogP contribution is 2.25. The van der Waals surface area contributed by atoms with E-state index in [0.717, 1.165) is 11.1 Å². The Hall–Kier alpha value is -3.03. The highest BCUT2D eigenvalue weighted by molar-refractivity contribution is 7.14. The lowest BCUT2D eigenvalue weighted by molar-refractivity contribution is -0.111. The van der Waals surface area contributed by atoms with Crippen LogP contribution in [0.1, 0.15) is 12.0 Å². The first-order valence-corrected chi connectivity index (χ1v) is 9.56. The highest BCUT2D eigenvalue weighted by Gasteiger charge is 2.06. The minimum atomic E-state index is -0.303. The molecule has 0 unspecified atom stereocenters. The molecule has 1 heterocycles. The number of rotatable bonds is 8. The molecular weight excluding hydrogens is 379 g/mol. The van der Waals surface area contributed by atoms with Crippen molar-refractivity contribution in [3.05, 3.63) is 71.4 Å². The van der Waals surface area contributed by atoms with Crippen molar-refractivity contribution in [3.8, 4) is 17.0 Å². The molecule has 0 atom stereocenters. The average Bonchev–Trinajstić information content (AvgIpc) is 3.16. The third kappa shape index (κ3) is 5.73. The van der Waals surface area contributed by atoms with Gasteiger partial charge in [-0.3, -0.25) is 10.1 Å². The van der Waals surface area contributed by atoms with E-state index < -0.39 is 0 Å². The van der Waals surface area contributed by atoms with Crippen molar-refractivity contribution in [2.24, 2.45) is 0 Å². The molecule has 3 aromatic rings. The maximum absolute atomic E-state index is 13.0. The minimum absolute atomic E-state index is 0.0976. The van der Waals surface area contributed by atoms with Gasteiger partial charge in [0.1, 0.15) is 11.6 Å². The fraction of sp³-hybridized carbons (Fsp3) is 0.143. The van der Waals surface area contributed by atoms with Crippen LogP contribution < -0.4 is 10.1 Å². The van der Waals surface area contributed by atoms with Crippen LogP contribution in [0.25, 0.3) is 17.3 Å². The molecule has 0 saturated heterocycles. The van der Waals surface area contributed by atoms with Gasteiger partial charge in [-0.25, -0.2) is 9.37 Å². The zero-order chi connectivity index (χ0) is 19.8. The lowest BCUT2D eigenvalue weighted by Crippen LogP contribution is -2.07. The third-order valence-corrected chi connectivity index (χ3v) is 4.51. The molecule has 0 bridgehead atoms. The molecular formula is C21H19FN2O3S. The Morgan fingerprint density at radius 3 is 2.64 bits per heavy atom. The van der Waals surface area contributed by atoms with Crippen LogP contribution in [0.5, 0.6) is 5.75 Å². The number of benzene rings is 2. The molecule has 0 saturated carbocycles. The number of hydrogen-bond donors (Lipinski definition) is 2. The summed E-state index contributed by atoms with van der Waals surface area (Å²) in [5, 5.41) is 13.7. The second-order valence-corrected chi connectivity index (χ2v) is 6.72. The Morgan fingerprint density at radius 2 is 1.93 bits per heavy atom. The minimum Gasteiger partial charge on any atom is -0.494 e. The number of aromatic nitrogens is 1. The van der Waals surface area contributed by atoms with Crippen molar-refractivity contribution < 1.29 is 19.0 Å². The summed E-state index contributed by atoms with van der Waals surface area (Å²) in [4.78, 5) is 16.4. The summed E-state index contributed by atoms with van der Waals surface area (Å²) in [6, 6.07) is 13.3. The number of aliphatic hydroxyl groups excluding tert-OH is 1. The molecule has 5 nitrogen and oxygen atoms in total. The molecule has 144 valence electrons. The summed E-state index contributed by atoms with van der Waals surface area (Å²) in [6.07, 6.45) is 3.71. The Balaban J connectivity index is 1.54. The van der Waals surface area contributed by atoms with Crippen molar-refractivity contribution in [1.29, 1.82) is 0 Å². The first kappa shape index (κ1) is 19.7. The summed E-state index contributed by atoms with van der Waals surface area (Å²) in [5.74, 6) is 0.122. The molecule has 1 aromatic heterocycles. The summed E-state index contributed by atoms with van der Waals surface area (Å²) in [6.45, 7) is 0.558. The predicted molar refractivity (Wildman–Crippen MR) is 109 cm³/mol. The van der Waals surface area contributed by atoms with Crippen LogP contribution in [0.2, 0.25) is 0 Å².